The number of hydrogen-bond acceptors (Lipinski definition) is 6. The van der Waals surface area contributed by atoms with Crippen molar-refractivity contribution in [3.05, 3.63) is 42.0 Å². The molecular weight excluding hydrogens is 403 g/mol. The van der Waals surface area contributed by atoms with Crippen LogP contribution in [0.15, 0.2) is 42.0 Å². The van der Waals surface area contributed by atoms with E-state index in [2.05, 4.69) is 20.5 Å². The summed E-state index contributed by atoms with van der Waals surface area (Å²) in [5, 5.41) is 7.46. The van der Waals surface area contributed by atoms with Gasteiger partial charge in [0.15, 0.2) is 0 Å². The fourth-order valence-electron chi connectivity index (χ4n) is 3.74. The molecule has 0 radical (unpaired) electrons. The van der Waals surface area contributed by atoms with Crippen molar-refractivity contribution in [3.63, 3.8) is 0 Å². The van der Waals surface area contributed by atoms with Crippen LogP contribution in [0, 0.1) is 0 Å². The second-order valence-electron chi connectivity index (χ2n) is 7.21. The van der Waals surface area contributed by atoms with Crippen molar-refractivity contribution >= 4 is 23.4 Å². The van der Waals surface area contributed by atoms with Crippen LogP contribution in [0.4, 0.5) is 29.5 Å². The normalized spacial score (nSPS) is 22.5. The molecule has 2 atom stereocenters. The Kier molecular flexibility index (Phi) is 4.92. The summed E-state index contributed by atoms with van der Waals surface area (Å²) in [5.41, 5.74) is 6.87. The van der Waals surface area contributed by atoms with Crippen LogP contribution < -0.4 is 21.7 Å². The van der Waals surface area contributed by atoms with Gasteiger partial charge in [0.05, 0.1) is 11.7 Å². The van der Waals surface area contributed by atoms with E-state index in [1.165, 1.54) is 23.2 Å². The van der Waals surface area contributed by atoms with E-state index >= 15 is 0 Å². The number of urea groups is 1. The number of aromatic nitrogens is 1. The number of nitrogen functional groups attached to an aromatic ring is 1. The highest BCUT2D eigenvalue weighted by Crippen LogP contribution is 2.33. The van der Waals surface area contributed by atoms with E-state index in [0.29, 0.717) is 30.2 Å². The van der Waals surface area contributed by atoms with Gasteiger partial charge in [-0.05, 0) is 18.6 Å². The number of nitrogens with one attached hydrogen (secondary N) is 3. The van der Waals surface area contributed by atoms with Crippen LogP contribution in [-0.4, -0.2) is 64.6 Å². The maximum atomic E-state index is 13.0. The van der Waals surface area contributed by atoms with Crippen LogP contribution in [0.3, 0.4) is 0 Å². The first-order valence-electron chi connectivity index (χ1n) is 9.31. The van der Waals surface area contributed by atoms with E-state index < -0.39 is 30.7 Å². The molecule has 9 nitrogen and oxygen atoms in total. The van der Waals surface area contributed by atoms with Gasteiger partial charge >= 0.3 is 12.2 Å². The molecule has 30 heavy (non-hydrogen) atoms. The third-order valence-corrected chi connectivity index (χ3v) is 5.07. The summed E-state index contributed by atoms with van der Waals surface area (Å²) in [6, 6.07) is 1.45. The van der Waals surface area contributed by atoms with E-state index in [9.17, 15) is 22.8 Å². The number of dihydropyridines is 1. The lowest BCUT2D eigenvalue weighted by molar-refractivity contribution is -0.138. The van der Waals surface area contributed by atoms with Crippen molar-refractivity contribution in [1.82, 2.24) is 25.4 Å². The molecule has 3 aliphatic rings. The third-order valence-electron chi connectivity index (χ3n) is 5.07. The second kappa shape index (κ2) is 7.43. The molecule has 3 aliphatic heterocycles. The van der Waals surface area contributed by atoms with Gasteiger partial charge in [0.25, 0.3) is 0 Å². The Morgan fingerprint density at radius 1 is 1.37 bits per heavy atom. The number of nitrogens with two attached hydrogens (primary N) is 1. The van der Waals surface area contributed by atoms with Gasteiger partial charge in [-0.2, -0.15) is 13.2 Å². The Morgan fingerprint density at radius 2 is 2.17 bits per heavy atom. The first-order chi connectivity index (χ1) is 14.2. The van der Waals surface area contributed by atoms with Gasteiger partial charge in [0.1, 0.15) is 24.2 Å². The number of carbonyl (C=O) groups excluding carboxylic acids is 2. The van der Waals surface area contributed by atoms with Crippen molar-refractivity contribution in [2.45, 2.75) is 24.7 Å². The summed E-state index contributed by atoms with van der Waals surface area (Å²) >= 11 is 0. The number of hydrogen-bond donors (Lipinski definition) is 4. The molecule has 1 unspecified atom stereocenters. The van der Waals surface area contributed by atoms with Gasteiger partial charge in [0, 0.05) is 31.0 Å². The first kappa shape index (κ1) is 19.9. The second-order valence-corrected chi connectivity index (χ2v) is 7.21. The van der Waals surface area contributed by atoms with Crippen LogP contribution >= 0.6 is 0 Å². The van der Waals surface area contributed by atoms with E-state index in [0.717, 1.165) is 6.54 Å². The van der Waals surface area contributed by atoms with Crippen molar-refractivity contribution in [1.29, 1.82) is 0 Å². The fourth-order valence-corrected chi connectivity index (χ4v) is 3.74. The lowest BCUT2D eigenvalue weighted by Crippen LogP contribution is -2.56. The van der Waals surface area contributed by atoms with Gasteiger partial charge < -0.3 is 21.3 Å². The quantitative estimate of drug-likeness (QED) is 0.576. The predicted octanol–water partition coefficient (Wildman–Crippen LogP) is 0.961. The van der Waals surface area contributed by atoms with Gasteiger partial charge in [-0.1, -0.05) is 6.08 Å². The Balaban J connectivity index is 1.53. The lowest BCUT2D eigenvalue weighted by Gasteiger charge is -2.40. The Labute approximate surface area is 169 Å². The molecule has 1 fully saturated rings. The monoisotopic (exact) mass is 423 g/mol. The summed E-state index contributed by atoms with van der Waals surface area (Å²) in [6.07, 6.45) is 0.810. The Morgan fingerprint density at radius 3 is 2.90 bits per heavy atom. The average Bonchev–Trinajstić information content (AvgIpc) is 3.09. The van der Waals surface area contributed by atoms with Gasteiger partial charge in [-0.25, -0.2) is 9.78 Å². The number of carbonyl (C=O) groups is 2. The molecule has 0 saturated carbocycles. The van der Waals surface area contributed by atoms with Crippen LogP contribution in [-0.2, 0) is 4.79 Å². The van der Waals surface area contributed by atoms with E-state index in [1.807, 2.05) is 5.32 Å². The molecule has 3 amide bonds. The van der Waals surface area contributed by atoms with Crippen LogP contribution in [0.1, 0.15) is 6.42 Å². The molecule has 0 aromatic carbocycles. The van der Waals surface area contributed by atoms with Gasteiger partial charge in [-0.3, -0.25) is 15.0 Å². The Bertz CT molecular complexity index is 931. The molecule has 1 saturated heterocycles. The average molecular weight is 423 g/mol. The summed E-state index contributed by atoms with van der Waals surface area (Å²) in [5.74, 6) is -0.186. The molecule has 0 aliphatic carbocycles. The molecule has 4 rings (SSSR count). The third kappa shape index (κ3) is 3.98. The van der Waals surface area contributed by atoms with Gasteiger partial charge in [0.2, 0.25) is 5.91 Å². The number of halogens is 3. The van der Waals surface area contributed by atoms with Crippen molar-refractivity contribution < 1.29 is 22.8 Å². The smallest absolute Gasteiger partial charge is 0.399 e. The number of rotatable bonds is 3. The molecule has 1 aromatic rings. The number of alkyl halides is 3. The summed E-state index contributed by atoms with van der Waals surface area (Å²) < 4.78 is 37.3. The first-order valence-corrected chi connectivity index (χ1v) is 9.31. The summed E-state index contributed by atoms with van der Waals surface area (Å²) in [6.45, 7) is -0.0852. The fraction of sp³-hybridized carbons (Fsp3) is 0.389. The molecule has 0 spiro atoms. The molecule has 1 aromatic heterocycles. The number of fused-ring (bicyclic) bond motifs is 3. The summed E-state index contributed by atoms with van der Waals surface area (Å²) in [7, 11) is 0. The summed E-state index contributed by atoms with van der Waals surface area (Å²) in [4.78, 5) is 32.8. The zero-order valence-corrected chi connectivity index (χ0v) is 15.7. The standard InChI is InChI=1S/C18H20F3N7O2/c19-18(20,21)9-24-16(29)12-1-2-13-15(25-12)28(11-4-6-27(13)8-11)17(30)26-14-7-10(22)3-5-23-14/h1-3,5,7,11-12,25H,4,6,8-9H2,(H,24,29)(H3,22,23,26,30)/t11-,12?/m0/s1. The van der Waals surface area contributed by atoms with Crippen molar-refractivity contribution in [3.8, 4) is 0 Å². The topological polar surface area (TPSA) is 116 Å². The number of pyridine rings is 1. The number of nitrogens with zero attached hydrogens (tertiary/aromatic N) is 3. The van der Waals surface area contributed by atoms with Crippen molar-refractivity contribution in [2.75, 3.05) is 30.7 Å². The van der Waals surface area contributed by atoms with Crippen LogP contribution in [0.25, 0.3) is 0 Å². The number of amides is 3. The zero-order valence-electron chi connectivity index (χ0n) is 15.7. The number of allylic oxidation sites excluding steroid dienone is 1. The minimum absolute atomic E-state index is 0.150. The molecule has 2 bridgehead atoms. The lowest BCUT2D eigenvalue weighted by atomic mass is 10.1. The highest BCUT2D eigenvalue weighted by molar-refractivity contribution is 5.91. The molecule has 12 heteroatoms. The van der Waals surface area contributed by atoms with Crippen LogP contribution in [0.5, 0.6) is 0 Å². The zero-order chi connectivity index (χ0) is 21.5. The molecular formula is C18H20F3N7O2. The van der Waals surface area contributed by atoms with E-state index in [4.69, 9.17) is 5.73 Å². The van der Waals surface area contributed by atoms with Crippen molar-refractivity contribution in [2.24, 2.45) is 0 Å². The molecule has 5 N–H and O–H groups in total. The Hall–Kier alpha value is -3.44. The molecule has 160 valence electrons. The SMILES string of the molecule is Nc1ccnc(NC(=O)N2C3=C(C=CC(C(=O)NCC(F)(F)F)N3)N3CC[C@H]2C3)c1. The van der Waals surface area contributed by atoms with E-state index in [-0.39, 0.29) is 11.9 Å². The minimum Gasteiger partial charge on any atom is -0.399 e. The number of anilines is 2. The maximum Gasteiger partial charge on any atom is 0.405 e. The highest BCUT2D eigenvalue weighted by Gasteiger charge is 2.42. The molecule has 4 heterocycles. The van der Waals surface area contributed by atoms with Gasteiger partial charge in [-0.15, -0.1) is 0 Å². The predicted molar refractivity (Wildman–Crippen MR) is 102 cm³/mol. The van der Waals surface area contributed by atoms with E-state index in [1.54, 1.807) is 12.1 Å². The minimum atomic E-state index is -4.51. The highest BCUT2D eigenvalue weighted by atomic mass is 19.4. The largest absolute Gasteiger partial charge is 0.405 e. The maximum absolute atomic E-state index is 13.0. The van der Waals surface area contributed by atoms with Crippen LogP contribution in [0.2, 0.25) is 0 Å².